The average molecular weight is 677 g/mol. The molecule has 0 saturated carbocycles. The van der Waals surface area contributed by atoms with E-state index in [0.29, 0.717) is 16.3 Å². The van der Waals surface area contributed by atoms with Crippen molar-refractivity contribution in [1.82, 2.24) is 20.1 Å². The molecule has 0 bridgehead atoms. The number of halogens is 1. The van der Waals surface area contributed by atoms with Gasteiger partial charge in [-0.15, -0.1) is 0 Å². The molecule has 5 rings (SSSR count). The highest BCUT2D eigenvalue weighted by Gasteiger charge is 2.33. The molecule has 11 nitrogen and oxygen atoms in total. The van der Waals surface area contributed by atoms with E-state index in [0.717, 1.165) is 6.07 Å². The Hall–Kier alpha value is -4.88. The van der Waals surface area contributed by atoms with Gasteiger partial charge in [0, 0.05) is 43.3 Å². The molecule has 0 radical (unpaired) electrons. The summed E-state index contributed by atoms with van der Waals surface area (Å²) in [6.45, 7) is 5.61. The molecule has 48 heavy (non-hydrogen) atoms. The lowest BCUT2D eigenvalue weighted by molar-refractivity contribution is -0.153. The standard InChI is InChI=1S/C35H37FN4O7S/c1-35(2,3)47-31(42)22-38-29(34(44)40-18-16-39(17-19-40)33(43)24-8-11-26(36)12-9-24)20-25-10-13-27(41)21-30(25)48(45,46)32-28-7-5-4-6-23(28)14-15-37-32/h4-15,21,29,38,41H,16-20,22H2,1-3H3. The Morgan fingerprint density at radius 1 is 0.958 bits per heavy atom. The van der Waals surface area contributed by atoms with Gasteiger partial charge in [0.25, 0.3) is 5.91 Å². The number of nitrogens with zero attached hydrogens (tertiary/aromatic N) is 3. The second-order valence-corrected chi connectivity index (χ2v) is 14.3. The van der Waals surface area contributed by atoms with E-state index in [4.69, 9.17) is 4.74 Å². The Bertz CT molecular complexity index is 1930. The molecule has 1 aliphatic heterocycles. The topological polar surface area (TPSA) is 146 Å². The zero-order valence-corrected chi connectivity index (χ0v) is 27.7. The number of fused-ring (bicyclic) bond motifs is 1. The molecule has 1 unspecified atom stereocenters. The molecule has 4 aromatic rings. The van der Waals surface area contributed by atoms with Crippen molar-refractivity contribution in [1.29, 1.82) is 0 Å². The lowest BCUT2D eigenvalue weighted by Crippen LogP contribution is -2.56. The number of hydrogen-bond acceptors (Lipinski definition) is 9. The van der Waals surface area contributed by atoms with E-state index < -0.39 is 39.2 Å². The number of piperazine rings is 1. The fourth-order valence-electron chi connectivity index (χ4n) is 5.55. The van der Waals surface area contributed by atoms with Crippen molar-refractivity contribution in [3.63, 3.8) is 0 Å². The smallest absolute Gasteiger partial charge is 0.320 e. The Kier molecular flexibility index (Phi) is 10.1. The maximum atomic E-state index is 14.1. The van der Waals surface area contributed by atoms with Crippen LogP contribution in [0.2, 0.25) is 0 Å². The number of aromatic hydroxyl groups is 1. The highest BCUT2D eigenvalue weighted by Crippen LogP contribution is 2.31. The number of aromatic nitrogens is 1. The fourth-order valence-corrected chi connectivity index (χ4v) is 7.20. The third kappa shape index (κ3) is 7.97. The number of amides is 2. The van der Waals surface area contributed by atoms with Crippen LogP contribution in [-0.4, -0.2) is 90.5 Å². The van der Waals surface area contributed by atoms with Crippen molar-refractivity contribution in [3.8, 4) is 5.75 Å². The Morgan fingerprint density at radius 2 is 1.62 bits per heavy atom. The van der Waals surface area contributed by atoms with Gasteiger partial charge in [0.1, 0.15) is 17.2 Å². The quantitative estimate of drug-likeness (QED) is 0.253. The number of carbonyl (C=O) groups excluding carboxylic acids is 3. The lowest BCUT2D eigenvalue weighted by Gasteiger charge is -2.36. The van der Waals surface area contributed by atoms with Crippen molar-refractivity contribution in [3.05, 3.63) is 95.9 Å². The number of sulfone groups is 1. The van der Waals surface area contributed by atoms with Gasteiger partial charge < -0.3 is 19.6 Å². The number of phenolic OH excluding ortho intramolecular Hbond substituents is 1. The van der Waals surface area contributed by atoms with E-state index in [-0.39, 0.29) is 66.3 Å². The van der Waals surface area contributed by atoms with Crippen LogP contribution >= 0.6 is 0 Å². The summed E-state index contributed by atoms with van der Waals surface area (Å²) in [6, 6.07) is 16.6. The van der Waals surface area contributed by atoms with Crippen molar-refractivity contribution in [2.45, 2.75) is 48.8 Å². The van der Waals surface area contributed by atoms with Crippen LogP contribution in [0.3, 0.4) is 0 Å². The largest absolute Gasteiger partial charge is 0.508 e. The maximum Gasteiger partial charge on any atom is 0.320 e. The summed E-state index contributed by atoms with van der Waals surface area (Å²) in [4.78, 5) is 46.7. The van der Waals surface area contributed by atoms with Gasteiger partial charge in [-0.05, 0) is 80.6 Å². The highest BCUT2D eigenvalue weighted by molar-refractivity contribution is 7.91. The number of hydrogen-bond donors (Lipinski definition) is 2. The highest BCUT2D eigenvalue weighted by atomic mass is 32.2. The summed E-state index contributed by atoms with van der Waals surface area (Å²) in [5.74, 6) is -2.04. The molecule has 1 aliphatic rings. The minimum Gasteiger partial charge on any atom is -0.508 e. The number of pyridine rings is 1. The van der Waals surface area contributed by atoms with Crippen LogP contribution in [0.5, 0.6) is 5.75 Å². The van der Waals surface area contributed by atoms with Crippen LogP contribution in [0.4, 0.5) is 4.39 Å². The molecule has 2 heterocycles. The molecule has 252 valence electrons. The minimum absolute atomic E-state index is 0.157. The van der Waals surface area contributed by atoms with Crippen LogP contribution in [0.1, 0.15) is 36.7 Å². The molecule has 1 saturated heterocycles. The minimum atomic E-state index is -4.30. The summed E-state index contributed by atoms with van der Waals surface area (Å²) < 4.78 is 47.0. The van der Waals surface area contributed by atoms with Crippen LogP contribution in [0.25, 0.3) is 10.8 Å². The number of nitrogens with one attached hydrogen (secondary N) is 1. The van der Waals surface area contributed by atoms with E-state index >= 15 is 0 Å². The predicted molar refractivity (Wildman–Crippen MR) is 176 cm³/mol. The molecular formula is C35H37FN4O7S. The van der Waals surface area contributed by atoms with Gasteiger partial charge >= 0.3 is 5.97 Å². The first kappa shape index (κ1) is 34.5. The Morgan fingerprint density at radius 3 is 2.31 bits per heavy atom. The van der Waals surface area contributed by atoms with Gasteiger partial charge in [-0.3, -0.25) is 19.7 Å². The summed E-state index contributed by atoms with van der Waals surface area (Å²) in [7, 11) is -4.30. The van der Waals surface area contributed by atoms with E-state index in [2.05, 4.69) is 10.3 Å². The Balaban J connectivity index is 1.41. The second kappa shape index (κ2) is 14.1. The first-order valence-electron chi connectivity index (χ1n) is 15.4. The second-order valence-electron chi connectivity index (χ2n) is 12.5. The molecule has 0 aliphatic carbocycles. The van der Waals surface area contributed by atoms with Gasteiger partial charge in [0.05, 0.1) is 17.5 Å². The average Bonchev–Trinajstić information content (AvgIpc) is 3.06. The van der Waals surface area contributed by atoms with Crippen LogP contribution in [-0.2, 0) is 30.6 Å². The first-order chi connectivity index (χ1) is 22.7. The number of phenols is 1. The molecule has 3 aromatic carbocycles. The van der Waals surface area contributed by atoms with E-state index in [1.165, 1.54) is 42.6 Å². The van der Waals surface area contributed by atoms with Crippen molar-refractivity contribution in [2.75, 3.05) is 32.7 Å². The zero-order chi connectivity index (χ0) is 34.6. The number of esters is 1. The van der Waals surface area contributed by atoms with Gasteiger partial charge in [-0.25, -0.2) is 17.8 Å². The SMILES string of the molecule is CC(C)(C)OC(=O)CNC(Cc1ccc(O)cc1S(=O)(=O)c1nccc2ccccc12)C(=O)N1CCN(C(=O)c2ccc(F)cc2)CC1. The molecular weight excluding hydrogens is 639 g/mol. The fraction of sp³-hybridized carbons (Fsp3) is 0.314. The third-order valence-corrected chi connectivity index (χ3v) is 9.63. The monoisotopic (exact) mass is 676 g/mol. The summed E-state index contributed by atoms with van der Waals surface area (Å²) >= 11 is 0. The van der Waals surface area contributed by atoms with Crippen molar-refractivity contribution < 1.29 is 37.0 Å². The normalized spacial score (nSPS) is 14.5. The molecule has 2 N–H and O–H groups in total. The predicted octanol–water partition coefficient (Wildman–Crippen LogP) is 3.74. The lowest BCUT2D eigenvalue weighted by atomic mass is 10.0. The number of ether oxygens (including phenoxy) is 1. The van der Waals surface area contributed by atoms with Gasteiger partial charge in [-0.1, -0.05) is 30.3 Å². The van der Waals surface area contributed by atoms with Crippen molar-refractivity contribution in [2.24, 2.45) is 0 Å². The van der Waals surface area contributed by atoms with E-state index in [1.807, 2.05) is 0 Å². The molecule has 13 heteroatoms. The molecule has 1 aromatic heterocycles. The molecule has 2 amide bonds. The van der Waals surface area contributed by atoms with E-state index in [9.17, 15) is 32.3 Å². The number of benzene rings is 3. The van der Waals surface area contributed by atoms with Crippen LogP contribution < -0.4 is 5.32 Å². The Labute approximate surface area is 278 Å². The number of rotatable bonds is 9. The summed E-state index contributed by atoms with van der Waals surface area (Å²) in [5.41, 5.74) is -0.215. The summed E-state index contributed by atoms with van der Waals surface area (Å²) in [5, 5.41) is 14.2. The molecule has 0 spiro atoms. The molecule has 1 atom stereocenters. The van der Waals surface area contributed by atoms with Crippen LogP contribution in [0, 0.1) is 5.82 Å². The molecule has 1 fully saturated rings. The summed E-state index contributed by atoms with van der Waals surface area (Å²) in [6.07, 6.45) is 1.24. The van der Waals surface area contributed by atoms with Gasteiger partial charge in [0.15, 0.2) is 5.03 Å². The maximum absolute atomic E-state index is 14.1. The van der Waals surface area contributed by atoms with Crippen LogP contribution in [0.15, 0.2) is 88.9 Å². The van der Waals surface area contributed by atoms with E-state index in [1.54, 1.807) is 60.9 Å². The van der Waals surface area contributed by atoms with Crippen molar-refractivity contribution >= 4 is 38.4 Å². The van der Waals surface area contributed by atoms with Gasteiger partial charge in [-0.2, -0.15) is 0 Å². The third-order valence-electron chi connectivity index (χ3n) is 7.84. The number of carbonyl (C=O) groups is 3. The zero-order valence-electron chi connectivity index (χ0n) is 26.9. The first-order valence-corrected chi connectivity index (χ1v) is 16.9. The van der Waals surface area contributed by atoms with Gasteiger partial charge in [0.2, 0.25) is 15.7 Å².